The molecule has 16 heavy (non-hydrogen) atoms. The predicted molar refractivity (Wildman–Crippen MR) is 61.3 cm³/mol. The van der Waals surface area contributed by atoms with Gasteiger partial charge in [-0.2, -0.15) is 0 Å². The maximum Gasteiger partial charge on any atom is 0.215 e. The largest absolute Gasteiger partial charge is 0.361 e. The van der Waals surface area contributed by atoms with Crippen molar-refractivity contribution < 1.29 is 9.47 Å². The fourth-order valence-electron chi connectivity index (χ4n) is 2.94. The Morgan fingerprint density at radius 3 is 2.94 bits per heavy atom. The first-order chi connectivity index (χ1) is 7.89. The van der Waals surface area contributed by atoms with E-state index in [0.29, 0.717) is 13.2 Å². The van der Waals surface area contributed by atoms with Crippen molar-refractivity contribution >= 4 is 11.8 Å². The fraction of sp³-hybridized carbons (Fsp3) is 0.385. The Morgan fingerprint density at radius 1 is 1.19 bits per heavy atom. The summed E-state index contributed by atoms with van der Waals surface area (Å²) in [5.41, 5.74) is 3.78. The summed E-state index contributed by atoms with van der Waals surface area (Å²) in [7, 11) is 0. The summed E-state index contributed by atoms with van der Waals surface area (Å²) < 4.78 is 11.7. The second-order valence-corrected chi connectivity index (χ2v) is 4.48. The van der Waals surface area contributed by atoms with Gasteiger partial charge in [0.25, 0.3) is 0 Å². The van der Waals surface area contributed by atoms with Gasteiger partial charge in [0.1, 0.15) is 0 Å². The van der Waals surface area contributed by atoms with Crippen LogP contribution in [0.2, 0.25) is 0 Å². The summed E-state index contributed by atoms with van der Waals surface area (Å²) in [4.78, 5) is 2.34. The third kappa shape index (κ3) is 0.950. The average Bonchev–Trinajstić information content (AvgIpc) is 2.89. The third-order valence-corrected chi connectivity index (χ3v) is 3.57. The first-order valence-corrected chi connectivity index (χ1v) is 5.72. The first-order valence-electron chi connectivity index (χ1n) is 5.72. The summed E-state index contributed by atoms with van der Waals surface area (Å²) in [6.45, 7) is 3.18. The summed E-state index contributed by atoms with van der Waals surface area (Å²) in [6.07, 6.45) is 4.38. The molecule has 0 atom stereocenters. The molecule has 0 amide bonds. The predicted octanol–water partition coefficient (Wildman–Crippen LogP) is 1.73. The third-order valence-electron chi connectivity index (χ3n) is 3.57. The first kappa shape index (κ1) is 8.79. The monoisotopic (exact) mass is 215 g/mol. The van der Waals surface area contributed by atoms with E-state index >= 15 is 0 Å². The van der Waals surface area contributed by atoms with Crippen molar-refractivity contribution in [1.29, 1.82) is 0 Å². The molecule has 0 aliphatic carbocycles. The molecule has 1 fully saturated rings. The van der Waals surface area contributed by atoms with Crippen LogP contribution in [-0.2, 0) is 15.3 Å². The van der Waals surface area contributed by atoms with E-state index in [-0.39, 0.29) is 0 Å². The molecule has 0 aromatic heterocycles. The number of nitrogens with zero attached hydrogens (tertiary/aromatic N) is 1. The number of anilines is 1. The number of hydrogen-bond donors (Lipinski definition) is 0. The van der Waals surface area contributed by atoms with Crippen molar-refractivity contribution in [3.05, 3.63) is 35.4 Å². The van der Waals surface area contributed by atoms with Crippen LogP contribution >= 0.6 is 0 Å². The molecule has 3 aliphatic heterocycles. The Hall–Kier alpha value is -1.32. The molecule has 1 spiro atoms. The number of ether oxygens (including phenoxy) is 2. The highest BCUT2D eigenvalue weighted by Crippen LogP contribution is 2.47. The lowest BCUT2D eigenvalue weighted by Crippen LogP contribution is -2.34. The van der Waals surface area contributed by atoms with E-state index in [1.54, 1.807) is 0 Å². The van der Waals surface area contributed by atoms with Gasteiger partial charge >= 0.3 is 0 Å². The Bertz CT molecular complexity index is 475. The summed E-state index contributed by atoms with van der Waals surface area (Å²) in [5, 5.41) is 0. The van der Waals surface area contributed by atoms with E-state index < -0.39 is 5.79 Å². The van der Waals surface area contributed by atoms with Crippen molar-refractivity contribution in [2.24, 2.45) is 0 Å². The van der Waals surface area contributed by atoms with Crippen molar-refractivity contribution in [1.82, 2.24) is 0 Å². The number of hydrogen-bond acceptors (Lipinski definition) is 3. The quantitative estimate of drug-likeness (QED) is 0.658. The summed E-state index contributed by atoms with van der Waals surface area (Å²) in [6, 6.07) is 6.36. The van der Waals surface area contributed by atoms with Crippen molar-refractivity contribution in [2.45, 2.75) is 5.79 Å². The molecule has 0 N–H and O–H groups in total. The highest BCUT2D eigenvalue weighted by molar-refractivity contribution is 5.77. The van der Waals surface area contributed by atoms with Crippen LogP contribution in [0.4, 0.5) is 5.69 Å². The minimum atomic E-state index is -0.489. The van der Waals surface area contributed by atoms with Gasteiger partial charge in [-0.3, -0.25) is 0 Å². The van der Waals surface area contributed by atoms with Crippen LogP contribution in [-0.4, -0.2) is 26.3 Å². The summed E-state index contributed by atoms with van der Waals surface area (Å²) >= 11 is 0. The van der Waals surface area contributed by atoms with Gasteiger partial charge in [-0.25, -0.2) is 0 Å². The highest BCUT2D eigenvalue weighted by Gasteiger charge is 2.48. The minimum Gasteiger partial charge on any atom is -0.361 e. The molecule has 1 aromatic carbocycles. The van der Waals surface area contributed by atoms with Crippen LogP contribution in [0.1, 0.15) is 11.1 Å². The smallest absolute Gasteiger partial charge is 0.215 e. The number of para-hydroxylation sites is 1. The van der Waals surface area contributed by atoms with E-state index in [4.69, 9.17) is 9.47 Å². The standard InChI is InChI=1S/C13H13NO2/c1-3-10-4-2-6-14-9-13(15-7-8-16-13)11(5-1)12(10)14/h1-5H,6-9H2. The molecule has 0 bridgehead atoms. The second kappa shape index (κ2) is 2.87. The van der Waals surface area contributed by atoms with Crippen molar-refractivity contribution in [2.75, 3.05) is 31.2 Å². The van der Waals surface area contributed by atoms with Gasteiger partial charge in [-0.1, -0.05) is 30.4 Å². The van der Waals surface area contributed by atoms with Crippen LogP contribution < -0.4 is 4.90 Å². The van der Waals surface area contributed by atoms with E-state index in [2.05, 4.69) is 35.3 Å². The number of rotatable bonds is 0. The zero-order valence-corrected chi connectivity index (χ0v) is 8.98. The number of fused-ring (bicyclic) bond motifs is 1. The summed E-state index contributed by atoms with van der Waals surface area (Å²) in [5.74, 6) is -0.489. The highest BCUT2D eigenvalue weighted by atomic mass is 16.7. The Morgan fingerprint density at radius 2 is 2.06 bits per heavy atom. The molecule has 1 aromatic rings. The Kier molecular flexibility index (Phi) is 1.58. The van der Waals surface area contributed by atoms with Gasteiger partial charge in [-0.15, -0.1) is 0 Å². The lowest BCUT2D eigenvalue weighted by atomic mass is 10.0. The molecule has 0 unspecified atom stereocenters. The van der Waals surface area contributed by atoms with Gasteiger partial charge in [-0.05, 0) is 5.56 Å². The molecular weight excluding hydrogens is 202 g/mol. The van der Waals surface area contributed by atoms with E-state index in [1.807, 2.05) is 0 Å². The molecule has 0 saturated carbocycles. The molecule has 3 heteroatoms. The molecule has 3 aliphatic rings. The van der Waals surface area contributed by atoms with Crippen molar-refractivity contribution in [3.8, 4) is 0 Å². The zero-order chi connectivity index (χ0) is 10.6. The van der Waals surface area contributed by atoms with Crippen LogP contribution in [0.15, 0.2) is 24.3 Å². The maximum absolute atomic E-state index is 5.85. The SMILES string of the molecule is C1=Cc2cccc3c2N(C1)CC31OCCO1. The number of benzene rings is 1. The van der Waals surface area contributed by atoms with Gasteiger partial charge in [0.15, 0.2) is 0 Å². The van der Waals surface area contributed by atoms with Crippen LogP contribution in [0.5, 0.6) is 0 Å². The van der Waals surface area contributed by atoms with Crippen LogP contribution in [0, 0.1) is 0 Å². The lowest BCUT2D eigenvalue weighted by molar-refractivity contribution is -0.151. The minimum absolute atomic E-state index is 0.489. The van der Waals surface area contributed by atoms with Crippen LogP contribution in [0.3, 0.4) is 0 Å². The van der Waals surface area contributed by atoms with E-state index in [0.717, 1.165) is 13.1 Å². The zero-order valence-electron chi connectivity index (χ0n) is 8.98. The Labute approximate surface area is 94.3 Å². The topological polar surface area (TPSA) is 21.7 Å². The van der Waals surface area contributed by atoms with Gasteiger partial charge < -0.3 is 14.4 Å². The maximum atomic E-state index is 5.85. The molecule has 82 valence electrons. The molecule has 0 radical (unpaired) electrons. The fourth-order valence-corrected chi connectivity index (χ4v) is 2.94. The molecule has 4 rings (SSSR count). The van der Waals surface area contributed by atoms with Gasteiger partial charge in [0.2, 0.25) is 5.79 Å². The molecular formula is C13H13NO2. The normalized spacial score (nSPS) is 24.1. The van der Waals surface area contributed by atoms with Gasteiger partial charge in [0.05, 0.1) is 25.4 Å². The molecule has 3 heterocycles. The molecule has 1 saturated heterocycles. The second-order valence-electron chi connectivity index (χ2n) is 4.48. The molecule has 3 nitrogen and oxygen atoms in total. The van der Waals surface area contributed by atoms with Crippen LogP contribution in [0.25, 0.3) is 6.08 Å². The van der Waals surface area contributed by atoms with Crippen molar-refractivity contribution in [3.63, 3.8) is 0 Å². The van der Waals surface area contributed by atoms with Gasteiger partial charge in [0, 0.05) is 12.1 Å². The average molecular weight is 215 g/mol. The van der Waals surface area contributed by atoms with E-state index in [1.165, 1.54) is 16.8 Å². The van der Waals surface area contributed by atoms with E-state index in [9.17, 15) is 0 Å². The lowest BCUT2D eigenvalue weighted by Gasteiger charge is -2.24. The Balaban J connectivity index is 1.96.